The van der Waals surface area contributed by atoms with Crippen molar-refractivity contribution in [1.82, 2.24) is 0 Å². The minimum atomic E-state index is 0.500. The van der Waals surface area contributed by atoms with Crippen LogP contribution >= 0.6 is 0 Å². The van der Waals surface area contributed by atoms with Crippen LogP contribution in [-0.2, 0) is 0 Å². The van der Waals surface area contributed by atoms with Crippen molar-refractivity contribution >= 4 is 0 Å². The number of hydrogen-bond acceptors (Lipinski definition) is 0. The van der Waals surface area contributed by atoms with E-state index in [1.165, 1.54) is 6.42 Å². The summed E-state index contributed by atoms with van der Waals surface area (Å²) in [5.74, 6) is 1.61. The lowest BCUT2D eigenvalue weighted by atomic mass is 9.79. The first-order valence-electron chi connectivity index (χ1n) is 6.45. The van der Waals surface area contributed by atoms with E-state index in [0.29, 0.717) is 10.8 Å². The van der Waals surface area contributed by atoms with E-state index in [1.54, 1.807) is 0 Å². The molecule has 0 spiro atoms. The molecule has 0 fully saturated rings. The monoisotopic (exact) mass is 214 g/mol. The van der Waals surface area contributed by atoms with E-state index in [9.17, 15) is 0 Å². The molecule has 0 saturated heterocycles. The Kier molecular flexibility index (Phi) is 7.60. The molecular formula is C15H34. The molecule has 0 aromatic rings. The van der Waals surface area contributed by atoms with Gasteiger partial charge in [0.05, 0.1) is 0 Å². The molecule has 0 N–H and O–H groups in total. The van der Waals surface area contributed by atoms with Crippen molar-refractivity contribution in [3.8, 4) is 0 Å². The second-order valence-electron chi connectivity index (χ2n) is 7.02. The fourth-order valence-electron chi connectivity index (χ4n) is 0.408. The van der Waals surface area contributed by atoms with Gasteiger partial charge in [0.2, 0.25) is 0 Å². The summed E-state index contributed by atoms with van der Waals surface area (Å²) < 4.78 is 0. The van der Waals surface area contributed by atoms with Gasteiger partial charge in [-0.15, -0.1) is 0 Å². The average Bonchev–Trinajstić information content (AvgIpc) is 2.03. The first-order valence-corrected chi connectivity index (χ1v) is 6.45. The highest BCUT2D eigenvalue weighted by Gasteiger charge is 2.18. The molecule has 0 unspecified atom stereocenters. The zero-order valence-corrected chi connectivity index (χ0v) is 12.9. The Labute approximate surface area is 98.9 Å². The summed E-state index contributed by atoms with van der Waals surface area (Å²) in [6, 6.07) is 0. The maximum atomic E-state index is 2.32. The maximum absolute atomic E-state index is 2.32. The minimum absolute atomic E-state index is 0.500. The zero-order valence-electron chi connectivity index (χ0n) is 12.9. The van der Waals surface area contributed by atoms with Gasteiger partial charge in [-0.3, -0.25) is 0 Å². The standard InChI is InChI=1S/C8H18.C7H16/c1-6-8(4,5)7(2)3;1-6(2)7(3,4)5/h7H,6H2,1-5H3;6H,1-5H3. The fraction of sp³-hybridized carbons (Fsp3) is 1.00. The molecule has 0 bridgehead atoms. The molecule has 0 aromatic heterocycles. The Morgan fingerprint density at radius 3 is 1.00 bits per heavy atom. The molecule has 0 aliphatic heterocycles. The Bertz CT molecular complexity index is 144. The molecule has 0 saturated carbocycles. The SMILES string of the molecule is CC(C)C(C)(C)C.CCC(C)(C)C(C)C. The van der Waals surface area contributed by atoms with E-state index < -0.39 is 0 Å². The van der Waals surface area contributed by atoms with E-state index in [4.69, 9.17) is 0 Å². The highest BCUT2D eigenvalue weighted by Crippen LogP contribution is 2.28. The molecule has 0 aliphatic rings. The largest absolute Gasteiger partial charge is 0.0649 e. The molecule has 0 atom stereocenters. The van der Waals surface area contributed by atoms with Crippen molar-refractivity contribution in [1.29, 1.82) is 0 Å². The summed E-state index contributed by atoms with van der Waals surface area (Å²) in [7, 11) is 0. The van der Waals surface area contributed by atoms with Crippen molar-refractivity contribution < 1.29 is 0 Å². The predicted octanol–water partition coefficient (Wildman–Crippen LogP) is 5.77. The highest BCUT2D eigenvalue weighted by molar-refractivity contribution is 4.69. The van der Waals surface area contributed by atoms with E-state index >= 15 is 0 Å². The van der Waals surface area contributed by atoms with Crippen molar-refractivity contribution in [3.05, 3.63) is 0 Å². The van der Waals surface area contributed by atoms with Gasteiger partial charge in [0, 0.05) is 0 Å². The maximum Gasteiger partial charge on any atom is -0.0334 e. The Morgan fingerprint density at radius 1 is 0.733 bits per heavy atom. The van der Waals surface area contributed by atoms with Crippen molar-refractivity contribution in [2.24, 2.45) is 22.7 Å². The van der Waals surface area contributed by atoms with Crippen LogP contribution in [0.25, 0.3) is 0 Å². The van der Waals surface area contributed by atoms with E-state index in [-0.39, 0.29) is 0 Å². The van der Waals surface area contributed by atoms with Crippen LogP contribution in [0.15, 0.2) is 0 Å². The van der Waals surface area contributed by atoms with Gasteiger partial charge in [0.25, 0.3) is 0 Å². The van der Waals surface area contributed by atoms with E-state index in [1.807, 2.05) is 0 Å². The quantitative estimate of drug-likeness (QED) is 0.547. The Morgan fingerprint density at radius 2 is 1.00 bits per heavy atom. The number of hydrogen-bond donors (Lipinski definition) is 0. The molecule has 0 aromatic carbocycles. The van der Waals surface area contributed by atoms with Crippen LogP contribution < -0.4 is 0 Å². The molecule has 0 heterocycles. The average molecular weight is 214 g/mol. The molecule has 94 valence electrons. The summed E-state index contributed by atoms with van der Waals surface area (Å²) >= 11 is 0. The molecule has 0 amide bonds. The van der Waals surface area contributed by atoms with Gasteiger partial charge in [-0.2, -0.15) is 0 Å². The molecule has 15 heavy (non-hydrogen) atoms. The molecule has 0 nitrogen and oxygen atoms in total. The van der Waals surface area contributed by atoms with Gasteiger partial charge in [0.1, 0.15) is 0 Å². The number of rotatable bonds is 2. The normalized spacial score (nSPS) is 12.8. The van der Waals surface area contributed by atoms with Crippen LogP contribution in [0.1, 0.15) is 75.7 Å². The summed E-state index contributed by atoms with van der Waals surface area (Å²) in [5.41, 5.74) is 1.04. The Balaban J connectivity index is 0. The fourth-order valence-corrected chi connectivity index (χ4v) is 0.408. The summed E-state index contributed by atoms with van der Waals surface area (Å²) in [6.45, 7) is 22.7. The van der Waals surface area contributed by atoms with Crippen molar-refractivity contribution in [2.75, 3.05) is 0 Å². The topological polar surface area (TPSA) is 0 Å². The summed E-state index contributed by atoms with van der Waals surface area (Å²) in [5, 5.41) is 0. The molecule has 0 rings (SSSR count). The second kappa shape index (κ2) is 6.55. The highest BCUT2D eigenvalue weighted by atomic mass is 14.2. The molecule has 0 heteroatoms. The van der Waals surface area contributed by atoms with Gasteiger partial charge in [-0.05, 0) is 22.7 Å². The van der Waals surface area contributed by atoms with Gasteiger partial charge in [0.15, 0.2) is 0 Å². The minimum Gasteiger partial charge on any atom is -0.0649 e. The van der Waals surface area contributed by atoms with Crippen LogP contribution in [0.3, 0.4) is 0 Å². The summed E-state index contributed by atoms with van der Waals surface area (Å²) in [4.78, 5) is 0. The Hall–Kier alpha value is 0. The molecule has 0 radical (unpaired) electrons. The lowest BCUT2D eigenvalue weighted by molar-refractivity contribution is 0.240. The third-order valence-corrected chi connectivity index (χ3v) is 4.21. The van der Waals surface area contributed by atoms with Crippen molar-refractivity contribution in [3.63, 3.8) is 0 Å². The lowest BCUT2D eigenvalue weighted by Crippen LogP contribution is -2.17. The first kappa shape index (κ1) is 17.4. The first-order chi connectivity index (χ1) is 6.45. The lowest BCUT2D eigenvalue weighted by Gasteiger charge is -2.27. The van der Waals surface area contributed by atoms with Crippen LogP contribution in [0.4, 0.5) is 0 Å². The van der Waals surface area contributed by atoms with Crippen LogP contribution in [-0.4, -0.2) is 0 Å². The second-order valence-corrected chi connectivity index (χ2v) is 7.02. The molecular weight excluding hydrogens is 180 g/mol. The van der Waals surface area contributed by atoms with Gasteiger partial charge < -0.3 is 0 Å². The molecule has 0 aliphatic carbocycles. The smallest absolute Gasteiger partial charge is 0.0334 e. The van der Waals surface area contributed by atoms with Gasteiger partial charge in [-0.1, -0.05) is 75.7 Å². The van der Waals surface area contributed by atoms with Crippen LogP contribution in [0.2, 0.25) is 0 Å². The summed E-state index contributed by atoms with van der Waals surface area (Å²) in [6.07, 6.45) is 1.28. The predicted molar refractivity (Wildman–Crippen MR) is 73.2 cm³/mol. The third kappa shape index (κ3) is 8.96. The third-order valence-electron chi connectivity index (χ3n) is 4.21. The van der Waals surface area contributed by atoms with Gasteiger partial charge in [-0.25, -0.2) is 0 Å². The van der Waals surface area contributed by atoms with Gasteiger partial charge >= 0.3 is 0 Å². The van der Waals surface area contributed by atoms with E-state index in [0.717, 1.165) is 11.8 Å². The van der Waals surface area contributed by atoms with E-state index in [2.05, 4.69) is 69.2 Å². The van der Waals surface area contributed by atoms with Crippen LogP contribution in [0, 0.1) is 22.7 Å². The zero-order chi connectivity index (χ0) is 12.9. The van der Waals surface area contributed by atoms with Crippen molar-refractivity contribution in [2.45, 2.75) is 75.7 Å². The van der Waals surface area contributed by atoms with Crippen LogP contribution in [0.5, 0.6) is 0 Å².